The van der Waals surface area contributed by atoms with E-state index >= 15 is 0 Å². The van der Waals surface area contributed by atoms with Gasteiger partial charge in [-0.2, -0.15) is 0 Å². The predicted molar refractivity (Wildman–Crippen MR) is 72.3 cm³/mol. The van der Waals surface area contributed by atoms with E-state index in [9.17, 15) is 22.8 Å². The van der Waals surface area contributed by atoms with Crippen LogP contribution in [0, 0.1) is 24.4 Å². The van der Waals surface area contributed by atoms with Crippen molar-refractivity contribution < 1.29 is 27.8 Å². The lowest BCUT2D eigenvalue weighted by Crippen LogP contribution is -2.17. The van der Waals surface area contributed by atoms with Crippen LogP contribution in [0.5, 0.6) is 5.75 Å². The maximum atomic E-state index is 14.1. The molecule has 3 aromatic rings. The average molecular weight is 329 g/mol. The number of aromatic nitrogens is 1. The number of hydrogen-bond donors (Lipinski definition) is 1. The van der Waals surface area contributed by atoms with Crippen LogP contribution < -0.4 is 10.2 Å². The summed E-state index contributed by atoms with van der Waals surface area (Å²) >= 11 is 0.901. The zero-order chi connectivity index (χ0) is 16.2. The standard InChI is InChI=1S/C13H6F3NO4S/c1-4-5-9(8(16)7(15)6(4)14)17-2-3-22-12(17)11(10(5)18)21-13(19)20/h2-3H,1H3,(H,19,20). The van der Waals surface area contributed by atoms with Gasteiger partial charge in [-0.25, -0.2) is 18.0 Å². The van der Waals surface area contributed by atoms with E-state index in [1.807, 2.05) is 0 Å². The van der Waals surface area contributed by atoms with Gasteiger partial charge in [0.05, 0.1) is 10.9 Å². The van der Waals surface area contributed by atoms with Crippen molar-refractivity contribution in [2.24, 2.45) is 0 Å². The summed E-state index contributed by atoms with van der Waals surface area (Å²) in [5.74, 6) is -5.30. The third-order valence-electron chi connectivity index (χ3n) is 3.20. The van der Waals surface area contributed by atoms with Crippen molar-refractivity contribution in [1.82, 2.24) is 4.40 Å². The monoisotopic (exact) mass is 329 g/mol. The van der Waals surface area contributed by atoms with Crippen molar-refractivity contribution in [2.75, 3.05) is 0 Å². The second-order valence-electron chi connectivity index (χ2n) is 4.39. The van der Waals surface area contributed by atoms with Crippen LogP contribution in [-0.4, -0.2) is 15.7 Å². The Hall–Kier alpha value is -2.55. The fourth-order valence-electron chi connectivity index (χ4n) is 2.27. The van der Waals surface area contributed by atoms with Gasteiger partial charge in [0.15, 0.2) is 17.5 Å². The zero-order valence-corrected chi connectivity index (χ0v) is 11.6. The molecule has 3 rings (SSSR count). The molecule has 0 spiro atoms. The smallest absolute Gasteiger partial charge is 0.449 e. The van der Waals surface area contributed by atoms with Crippen molar-refractivity contribution in [1.29, 1.82) is 0 Å². The van der Waals surface area contributed by atoms with Gasteiger partial charge in [-0.1, -0.05) is 0 Å². The van der Waals surface area contributed by atoms with E-state index in [0.29, 0.717) is 0 Å². The molecule has 0 bridgehead atoms. The molecule has 114 valence electrons. The lowest BCUT2D eigenvalue weighted by Gasteiger charge is -2.11. The highest BCUT2D eigenvalue weighted by Gasteiger charge is 2.26. The van der Waals surface area contributed by atoms with Gasteiger partial charge < -0.3 is 14.2 Å². The first-order valence-electron chi connectivity index (χ1n) is 5.84. The highest BCUT2D eigenvalue weighted by molar-refractivity contribution is 7.16. The number of aryl methyl sites for hydroxylation is 1. The maximum Gasteiger partial charge on any atom is 0.511 e. The van der Waals surface area contributed by atoms with E-state index in [2.05, 4.69) is 4.74 Å². The lowest BCUT2D eigenvalue weighted by atomic mass is 10.1. The molecule has 1 N–H and O–H groups in total. The van der Waals surface area contributed by atoms with Crippen LogP contribution in [0.2, 0.25) is 0 Å². The van der Waals surface area contributed by atoms with Gasteiger partial charge >= 0.3 is 6.16 Å². The van der Waals surface area contributed by atoms with Crippen LogP contribution in [0.4, 0.5) is 18.0 Å². The molecule has 1 aromatic carbocycles. The number of rotatable bonds is 1. The summed E-state index contributed by atoms with van der Waals surface area (Å²) in [5, 5.41) is 9.67. The third kappa shape index (κ3) is 1.78. The zero-order valence-electron chi connectivity index (χ0n) is 10.8. The molecule has 2 heterocycles. The number of pyridine rings is 1. The molecule has 0 saturated carbocycles. The minimum Gasteiger partial charge on any atom is -0.449 e. The minimum absolute atomic E-state index is 0.0239. The number of nitrogens with zero attached hydrogens (tertiary/aromatic N) is 1. The van der Waals surface area contributed by atoms with Crippen molar-refractivity contribution >= 4 is 33.2 Å². The molecule has 0 aliphatic rings. The summed E-state index contributed by atoms with van der Waals surface area (Å²) in [6.45, 7) is 1.10. The molecule has 0 radical (unpaired) electrons. The second-order valence-corrected chi connectivity index (χ2v) is 5.29. The first-order valence-corrected chi connectivity index (χ1v) is 6.72. The van der Waals surface area contributed by atoms with E-state index in [-0.39, 0.29) is 4.83 Å². The molecule has 0 atom stereocenters. The van der Waals surface area contributed by atoms with Crippen LogP contribution in [0.15, 0.2) is 16.4 Å². The van der Waals surface area contributed by atoms with Crippen molar-refractivity contribution in [3.8, 4) is 5.75 Å². The van der Waals surface area contributed by atoms with Gasteiger partial charge in [0.2, 0.25) is 11.2 Å². The molecule has 0 aliphatic carbocycles. The summed E-state index contributed by atoms with van der Waals surface area (Å²) in [5.41, 5.74) is -1.90. The molecule has 5 nitrogen and oxygen atoms in total. The topological polar surface area (TPSA) is 68.0 Å². The molecule has 9 heteroatoms. The molecule has 0 saturated heterocycles. The van der Waals surface area contributed by atoms with E-state index in [4.69, 9.17) is 5.11 Å². The minimum atomic E-state index is -1.74. The Morgan fingerprint density at radius 1 is 1.27 bits per heavy atom. The summed E-state index contributed by atoms with van der Waals surface area (Å²) in [4.78, 5) is 23.1. The fourth-order valence-corrected chi connectivity index (χ4v) is 3.09. The molecular formula is C13H6F3NO4S. The highest BCUT2D eigenvalue weighted by atomic mass is 32.1. The van der Waals surface area contributed by atoms with Gasteiger partial charge in [-0.3, -0.25) is 4.79 Å². The number of thiazole rings is 1. The lowest BCUT2D eigenvalue weighted by molar-refractivity contribution is 0.144. The molecule has 0 amide bonds. The van der Waals surface area contributed by atoms with Gasteiger partial charge in [-0.05, 0) is 6.92 Å². The highest BCUT2D eigenvalue weighted by Crippen LogP contribution is 2.31. The molecule has 0 fully saturated rings. The van der Waals surface area contributed by atoms with Gasteiger partial charge in [0, 0.05) is 17.1 Å². The largest absolute Gasteiger partial charge is 0.511 e. The van der Waals surface area contributed by atoms with Gasteiger partial charge in [0.25, 0.3) is 0 Å². The number of benzene rings is 1. The Labute approximate surface area is 123 Å². The van der Waals surface area contributed by atoms with Crippen molar-refractivity contribution in [3.05, 3.63) is 44.8 Å². The van der Waals surface area contributed by atoms with Gasteiger partial charge in [0.1, 0.15) is 4.83 Å². The fraction of sp³-hybridized carbons (Fsp3) is 0.0769. The van der Waals surface area contributed by atoms with E-state index in [1.165, 1.54) is 11.6 Å². The summed E-state index contributed by atoms with van der Waals surface area (Å²) < 4.78 is 46.9. The Morgan fingerprint density at radius 3 is 2.59 bits per heavy atom. The number of fused-ring (bicyclic) bond motifs is 3. The second kappa shape index (κ2) is 4.73. The quantitative estimate of drug-likeness (QED) is 0.549. The molecule has 22 heavy (non-hydrogen) atoms. The Kier molecular flexibility index (Phi) is 3.10. The van der Waals surface area contributed by atoms with Crippen LogP contribution >= 0.6 is 11.3 Å². The van der Waals surface area contributed by atoms with Crippen LogP contribution in [-0.2, 0) is 0 Å². The first kappa shape index (κ1) is 14.4. The summed E-state index contributed by atoms with van der Waals surface area (Å²) in [7, 11) is 0. The molecule has 2 aromatic heterocycles. The number of hydrogen-bond acceptors (Lipinski definition) is 4. The van der Waals surface area contributed by atoms with E-state index in [1.54, 1.807) is 0 Å². The number of ether oxygens (including phenoxy) is 1. The number of carboxylic acid groups (broad SMARTS) is 1. The summed E-state index contributed by atoms with van der Waals surface area (Å²) in [6.07, 6.45) is -0.441. The molecular weight excluding hydrogens is 323 g/mol. The van der Waals surface area contributed by atoms with Crippen LogP contribution in [0.25, 0.3) is 15.7 Å². The normalized spacial score (nSPS) is 11.3. The van der Waals surface area contributed by atoms with Crippen molar-refractivity contribution in [3.63, 3.8) is 0 Å². The maximum absolute atomic E-state index is 14.1. The third-order valence-corrected chi connectivity index (χ3v) is 4.06. The molecule has 0 unspecified atom stereocenters. The SMILES string of the molecule is Cc1c(F)c(F)c(F)c2c1c(=O)c(OC(=O)O)c1sccn12. The molecule has 0 aliphatic heterocycles. The van der Waals surface area contributed by atoms with Gasteiger partial charge in [-0.15, -0.1) is 11.3 Å². The number of halogens is 3. The van der Waals surface area contributed by atoms with Crippen molar-refractivity contribution in [2.45, 2.75) is 6.92 Å². The summed E-state index contributed by atoms with van der Waals surface area (Å²) in [6, 6.07) is 0. The Morgan fingerprint density at radius 2 is 1.95 bits per heavy atom. The van der Waals surface area contributed by atoms with E-state index in [0.717, 1.165) is 22.7 Å². The number of carbonyl (C=O) groups is 1. The van der Waals surface area contributed by atoms with E-state index < -0.39 is 51.3 Å². The first-order chi connectivity index (χ1) is 10.3. The van der Waals surface area contributed by atoms with Crippen LogP contribution in [0.1, 0.15) is 5.56 Å². The van der Waals surface area contributed by atoms with Crippen LogP contribution in [0.3, 0.4) is 0 Å². The Balaban J connectivity index is 2.66. The Bertz CT molecular complexity index is 1010. The average Bonchev–Trinajstić information content (AvgIpc) is 2.94. The predicted octanol–water partition coefficient (Wildman–Crippen LogP) is 3.30.